The van der Waals surface area contributed by atoms with Crippen LogP contribution in [0.2, 0.25) is 5.15 Å². The lowest BCUT2D eigenvalue weighted by molar-refractivity contribution is 0.0699. The van der Waals surface area contributed by atoms with Crippen molar-refractivity contribution in [3.63, 3.8) is 0 Å². The number of aromatic nitrogens is 3. The Morgan fingerprint density at radius 3 is 2.59 bits per heavy atom. The number of aryl methyl sites for hydroxylation is 1. The minimum Gasteiger partial charge on any atom is -0.478 e. The Balaban J connectivity index is 1.68. The molecule has 5 nitrogen and oxygen atoms in total. The summed E-state index contributed by atoms with van der Waals surface area (Å²) >= 11 is 6.56. The van der Waals surface area contributed by atoms with Crippen molar-refractivity contribution >= 4 is 40.6 Å². The molecule has 0 amide bonds. The summed E-state index contributed by atoms with van der Waals surface area (Å²) < 4.78 is 1.75. The zero-order chi connectivity index (χ0) is 20.4. The van der Waals surface area contributed by atoms with E-state index in [-0.39, 0.29) is 5.56 Å². The first-order valence-electron chi connectivity index (χ1n) is 9.11. The van der Waals surface area contributed by atoms with E-state index in [9.17, 15) is 9.90 Å². The molecule has 2 aromatic heterocycles. The molecule has 144 valence electrons. The highest BCUT2D eigenvalue weighted by Gasteiger charge is 2.13. The quantitative estimate of drug-likeness (QED) is 0.490. The van der Waals surface area contributed by atoms with Gasteiger partial charge in [-0.25, -0.2) is 14.5 Å². The Morgan fingerprint density at radius 1 is 1.10 bits per heavy atom. The van der Waals surface area contributed by atoms with Crippen molar-refractivity contribution < 1.29 is 9.90 Å². The average molecular weight is 404 g/mol. The SMILES string of the molecule is Cc1nn(Cc2ccccc2)c(Cl)c1/C=C/c1cc(C(=O)O)c2ccccc2n1. The second-order valence-corrected chi connectivity index (χ2v) is 7.04. The third-order valence-corrected chi connectivity index (χ3v) is 5.07. The highest BCUT2D eigenvalue weighted by molar-refractivity contribution is 6.31. The van der Waals surface area contributed by atoms with E-state index in [0.29, 0.717) is 28.3 Å². The zero-order valence-electron chi connectivity index (χ0n) is 15.7. The fourth-order valence-corrected chi connectivity index (χ4v) is 3.54. The first-order valence-corrected chi connectivity index (χ1v) is 9.48. The number of halogens is 1. The van der Waals surface area contributed by atoms with Gasteiger partial charge in [-0.3, -0.25) is 0 Å². The fraction of sp³-hybridized carbons (Fsp3) is 0.0870. The van der Waals surface area contributed by atoms with Crippen LogP contribution in [0.1, 0.15) is 32.9 Å². The van der Waals surface area contributed by atoms with Crippen LogP contribution in [0, 0.1) is 6.92 Å². The van der Waals surface area contributed by atoms with Gasteiger partial charge in [0.1, 0.15) is 5.15 Å². The average Bonchev–Trinajstić information content (AvgIpc) is 2.99. The summed E-state index contributed by atoms with van der Waals surface area (Å²) in [5.41, 5.74) is 4.09. The van der Waals surface area contributed by atoms with Gasteiger partial charge in [-0.15, -0.1) is 0 Å². The molecule has 2 aromatic carbocycles. The number of aromatic carboxylic acids is 1. The minimum atomic E-state index is -0.983. The molecular formula is C23H18ClN3O2. The fourth-order valence-electron chi connectivity index (χ4n) is 3.24. The molecule has 6 heteroatoms. The number of carbonyl (C=O) groups is 1. The molecule has 0 bridgehead atoms. The van der Waals surface area contributed by atoms with Crippen LogP contribution in [0.15, 0.2) is 60.7 Å². The summed E-state index contributed by atoms with van der Waals surface area (Å²) in [6, 6.07) is 18.7. The molecule has 0 aliphatic carbocycles. The summed E-state index contributed by atoms with van der Waals surface area (Å²) in [6.07, 6.45) is 3.59. The lowest BCUT2D eigenvalue weighted by atomic mass is 10.1. The Labute approximate surface area is 172 Å². The van der Waals surface area contributed by atoms with E-state index in [1.54, 1.807) is 35.0 Å². The monoisotopic (exact) mass is 403 g/mol. The lowest BCUT2D eigenvalue weighted by Gasteiger charge is -2.04. The number of hydrogen-bond acceptors (Lipinski definition) is 3. The number of nitrogens with zero attached hydrogens (tertiary/aromatic N) is 3. The molecule has 2 heterocycles. The highest BCUT2D eigenvalue weighted by atomic mass is 35.5. The van der Waals surface area contributed by atoms with Gasteiger partial charge < -0.3 is 5.11 Å². The molecule has 0 radical (unpaired) electrons. The molecule has 0 spiro atoms. The molecule has 0 unspecified atom stereocenters. The van der Waals surface area contributed by atoms with E-state index in [0.717, 1.165) is 16.8 Å². The molecule has 4 aromatic rings. The Bertz CT molecular complexity index is 1230. The van der Waals surface area contributed by atoms with E-state index < -0.39 is 5.97 Å². The second-order valence-electron chi connectivity index (χ2n) is 6.68. The maximum atomic E-state index is 11.6. The Hall–Kier alpha value is -3.44. The van der Waals surface area contributed by atoms with Crippen molar-refractivity contribution in [2.24, 2.45) is 0 Å². The van der Waals surface area contributed by atoms with Gasteiger partial charge in [-0.05, 0) is 36.8 Å². The van der Waals surface area contributed by atoms with E-state index in [1.165, 1.54) is 0 Å². The van der Waals surface area contributed by atoms with Crippen LogP contribution in [0.5, 0.6) is 0 Å². The Kier molecular flexibility index (Phi) is 5.14. The van der Waals surface area contributed by atoms with Gasteiger partial charge in [0.2, 0.25) is 0 Å². The lowest BCUT2D eigenvalue weighted by Crippen LogP contribution is -2.01. The van der Waals surface area contributed by atoms with E-state index >= 15 is 0 Å². The van der Waals surface area contributed by atoms with Crippen LogP contribution >= 0.6 is 11.6 Å². The van der Waals surface area contributed by atoms with Crippen molar-refractivity contribution in [1.29, 1.82) is 0 Å². The molecule has 4 rings (SSSR count). The number of fused-ring (bicyclic) bond motifs is 1. The zero-order valence-corrected chi connectivity index (χ0v) is 16.5. The summed E-state index contributed by atoms with van der Waals surface area (Å²) in [6.45, 7) is 2.47. The number of benzene rings is 2. The normalized spacial score (nSPS) is 11.4. The predicted molar refractivity (Wildman–Crippen MR) is 115 cm³/mol. The number of rotatable bonds is 5. The van der Waals surface area contributed by atoms with Crippen molar-refractivity contribution in [1.82, 2.24) is 14.8 Å². The molecular weight excluding hydrogens is 386 g/mol. The number of carboxylic acids is 1. The summed E-state index contributed by atoms with van der Waals surface area (Å²) in [5.74, 6) is -0.983. The standard InChI is InChI=1S/C23H18ClN3O2/c1-15-18(22(24)27(26-15)14-16-7-3-2-4-8-16)12-11-17-13-20(23(28)29)19-9-5-6-10-21(19)25-17/h2-13H,14H2,1H3,(H,28,29)/b12-11+. The maximum Gasteiger partial charge on any atom is 0.336 e. The molecule has 0 saturated heterocycles. The van der Waals surface area contributed by atoms with Crippen LogP contribution in [0.25, 0.3) is 23.1 Å². The van der Waals surface area contributed by atoms with Gasteiger partial charge in [0.15, 0.2) is 0 Å². The summed E-state index contributed by atoms with van der Waals surface area (Å²) in [5, 5.41) is 15.2. The van der Waals surface area contributed by atoms with E-state index in [2.05, 4.69) is 10.1 Å². The first kappa shape index (κ1) is 18.9. The molecule has 0 fully saturated rings. The first-order chi connectivity index (χ1) is 14.0. The van der Waals surface area contributed by atoms with Crippen molar-refractivity contribution in [2.75, 3.05) is 0 Å². The van der Waals surface area contributed by atoms with Crippen LogP contribution in [-0.2, 0) is 6.54 Å². The molecule has 29 heavy (non-hydrogen) atoms. The Morgan fingerprint density at radius 2 is 1.83 bits per heavy atom. The van der Waals surface area contributed by atoms with Gasteiger partial charge >= 0.3 is 5.97 Å². The van der Waals surface area contributed by atoms with Gasteiger partial charge in [0.25, 0.3) is 0 Å². The summed E-state index contributed by atoms with van der Waals surface area (Å²) in [7, 11) is 0. The number of hydrogen-bond donors (Lipinski definition) is 1. The largest absolute Gasteiger partial charge is 0.478 e. The van der Waals surface area contributed by atoms with Gasteiger partial charge in [0, 0.05) is 10.9 Å². The van der Waals surface area contributed by atoms with Crippen LogP contribution in [0.4, 0.5) is 0 Å². The van der Waals surface area contributed by atoms with Crippen molar-refractivity contribution in [2.45, 2.75) is 13.5 Å². The summed E-state index contributed by atoms with van der Waals surface area (Å²) in [4.78, 5) is 16.2. The van der Waals surface area contributed by atoms with Gasteiger partial charge in [-0.2, -0.15) is 5.10 Å². The third-order valence-electron chi connectivity index (χ3n) is 4.67. The minimum absolute atomic E-state index is 0.220. The maximum absolute atomic E-state index is 11.6. The van der Waals surface area contributed by atoms with Crippen LogP contribution in [0.3, 0.4) is 0 Å². The van der Waals surface area contributed by atoms with Gasteiger partial charge in [-0.1, -0.05) is 60.1 Å². The highest BCUT2D eigenvalue weighted by Crippen LogP contribution is 2.24. The topological polar surface area (TPSA) is 68.0 Å². The number of carboxylic acid groups (broad SMARTS) is 1. The molecule has 0 aliphatic rings. The van der Waals surface area contributed by atoms with Crippen LogP contribution < -0.4 is 0 Å². The number of para-hydroxylation sites is 1. The van der Waals surface area contributed by atoms with E-state index in [4.69, 9.17) is 11.6 Å². The predicted octanol–water partition coefficient (Wildman–Crippen LogP) is 5.31. The molecule has 1 N–H and O–H groups in total. The third kappa shape index (κ3) is 3.91. The van der Waals surface area contributed by atoms with Crippen molar-refractivity contribution in [3.8, 4) is 0 Å². The number of pyridine rings is 1. The second kappa shape index (κ2) is 7.89. The van der Waals surface area contributed by atoms with Crippen LogP contribution in [-0.4, -0.2) is 25.8 Å². The molecule has 0 atom stereocenters. The van der Waals surface area contributed by atoms with Crippen molar-refractivity contribution in [3.05, 3.63) is 93.9 Å². The molecule has 0 saturated carbocycles. The van der Waals surface area contributed by atoms with E-state index in [1.807, 2.05) is 49.4 Å². The smallest absolute Gasteiger partial charge is 0.336 e. The molecule has 0 aliphatic heterocycles. The van der Waals surface area contributed by atoms with Gasteiger partial charge in [0.05, 0.1) is 29.0 Å².